The SMILES string of the molecule is CNc1cccc(C(=O)Nc2ccccc2COc2ccccc2OC)n1. The lowest BCUT2D eigenvalue weighted by atomic mass is 10.2. The molecule has 0 aliphatic rings. The maximum Gasteiger partial charge on any atom is 0.274 e. The Morgan fingerprint density at radius 3 is 2.48 bits per heavy atom. The van der Waals surface area contributed by atoms with Crippen LogP contribution in [0.1, 0.15) is 16.1 Å². The summed E-state index contributed by atoms with van der Waals surface area (Å²) in [6.45, 7) is 0.292. The summed E-state index contributed by atoms with van der Waals surface area (Å²) in [5.41, 5.74) is 1.86. The quantitative estimate of drug-likeness (QED) is 0.665. The van der Waals surface area contributed by atoms with Crippen molar-refractivity contribution < 1.29 is 14.3 Å². The van der Waals surface area contributed by atoms with Gasteiger partial charge in [-0.15, -0.1) is 0 Å². The van der Waals surface area contributed by atoms with Crippen LogP contribution in [0.15, 0.2) is 66.7 Å². The Hall–Kier alpha value is -3.54. The summed E-state index contributed by atoms with van der Waals surface area (Å²) < 4.78 is 11.2. The van der Waals surface area contributed by atoms with Gasteiger partial charge in [-0.1, -0.05) is 36.4 Å². The monoisotopic (exact) mass is 363 g/mol. The number of benzene rings is 2. The standard InChI is InChI=1S/C21H21N3O3/c1-22-20-13-7-10-17(23-20)21(25)24-16-9-4-3-8-15(16)14-27-19-12-6-5-11-18(19)26-2/h3-13H,14H2,1-2H3,(H,22,23)(H,24,25). The summed E-state index contributed by atoms with van der Waals surface area (Å²) in [7, 11) is 3.36. The van der Waals surface area contributed by atoms with Crippen molar-refractivity contribution >= 4 is 17.4 Å². The highest BCUT2D eigenvalue weighted by atomic mass is 16.5. The van der Waals surface area contributed by atoms with Crippen LogP contribution in [0.25, 0.3) is 0 Å². The summed E-state index contributed by atoms with van der Waals surface area (Å²) >= 11 is 0. The van der Waals surface area contributed by atoms with Gasteiger partial charge in [-0.2, -0.15) is 0 Å². The number of carbonyl (C=O) groups is 1. The number of rotatable bonds is 7. The molecule has 0 aliphatic carbocycles. The van der Waals surface area contributed by atoms with E-state index in [9.17, 15) is 4.79 Å². The molecule has 3 aromatic rings. The Morgan fingerprint density at radius 1 is 0.963 bits per heavy atom. The van der Waals surface area contributed by atoms with Gasteiger partial charge in [0.2, 0.25) is 0 Å². The van der Waals surface area contributed by atoms with Crippen LogP contribution in [0.5, 0.6) is 11.5 Å². The van der Waals surface area contributed by atoms with Gasteiger partial charge in [0.05, 0.1) is 7.11 Å². The molecule has 2 N–H and O–H groups in total. The van der Waals surface area contributed by atoms with Crippen LogP contribution in [0.3, 0.4) is 0 Å². The highest BCUT2D eigenvalue weighted by Crippen LogP contribution is 2.27. The Kier molecular flexibility index (Phi) is 5.89. The Bertz CT molecular complexity index is 928. The molecule has 0 atom stereocenters. The largest absolute Gasteiger partial charge is 0.493 e. The van der Waals surface area contributed by atoms with Crippen molar-refractivity contribution in [1.82, 2.24) is 4.98 Å². The number of methoxy groups -OCH3 is 1. The molecule has 0 unspecified atom stereocenters. The third-order valence-electron chi connectivity index (χ3n) is 3.96. The number of nitrogens with zero attached hydrogens (tertiary/aromatic N) is 1. The first-order chi connectivity index (χ1) is 13.2. The molecule has 27 heavy (non-hydrogen) atoms. The Labute approximate surface area is 158 Å². The van der Waals surface area contributed by atoms with Crippen molar-refractivity contribution in [2.75, 3.05) is 24.8 Å². The molecule has 3 rings (SSSR count). The number of nitrogens with one attached hydrogen (secondary N) is 2. The maximum atomic E-state index is 12.5. The predicted molar refractivity (Wildman–Crippen MR) is 106 cm³/mol. The summed E-state index contributed by atoms with van der Waals surface area (Å²) in [6, 6.07) is 20.2. The van der Waals surface area contributed by atoms with Crippen molar-refractivity contribution in [3.05, 3.63) is 78.0 Å². The number of aromatic nitrogens is 1. The summed E-state index contributed by atoms with van der Waals surface area (Å²) in [6.07, 6.45) is 0. The normalized spacial score (nSPS) is 10.1. The van der Waals surface area contributed by atoms with Crippen molar-refractivity contribution in [1.29, 1.82) is 0 Å². The molecule has 6 nitrogen and oxygen atoms in total. The number of amides is 1. The minimum atomic E-state index is -0.281. The van der Waals surface area contributed by atoms with Crippen LogP contribution < -0.4 is 20.1 Å². The van der Waals surface area contributed by atoms with E-state index in [0.29, 0.717) is 35.3 Å². The molecular formula is C21H21N3O3. The van der Waals surface area contributed by atoms with Gasteiger partial charge in [0, 0.05) is 18.3 Å². The fourth-order valence-corrected chi connectivity index (χ4v) is 2.55. The second-order valence-electron chi connectivity index (χ2n) is 5.71. The summed E-state index contributed by atoms with van der Waals surface area (Å²) in [5, 5.41) is 5.83. The van der Waals surface area contributed by atoms with E-state index < -0.39 is 0 Å². The smallest absolute Gasteiger partial charge is 0.274 e. The maximum absolute atomic E-state index is 12.5. The van der Waals surface area contributed by atoms with Gasteiger partial charge in [-0.3, -0.25) is 4.79 Å². The molecule has 6 heteroatoms. The second-order valence-corrected chi connectivity index (χ2v) is 5.71. The molecule has 0 bridgehead atoms. The van der Waals surface area contributed by atoms with Gasteiger partial charge in [-0.05, 0) is 30.3 Å². The van der Waals surface area contributed by atoms with E-state index in [1.165, 1.54) is 0 Å². The molecule has 2 aromatic carbocycles. The van der Waals surface area contributed by atoms with Crippen molar-refractivity contribution in [2.24, 2.45) is 0 Å². The minimum absolute atomic E-state index is 0.281. The van der Waals surface area contributed by atoms with Gasteiger partial charge in [-0.25, -0.2) is 4.98 Å². The molecule has 1 heterocycles. The number of ether oxygens (including phenoxy) is 2. The zero-order valence-corrected chi connectivity index (χ0v) is 15.2. The molecule has 0 saturated heterocycles. The lowest BCUT2D eigenvalue weighted by Gasteiger charge is -2.14. The van der Waals surface area contributed by atoms with Crippen LogP contribution in [0.2, 0.25) is 0 Å². The molecule has 0 saturated carbocycles. The third kappa shape index (κ3) is 4.55. The molecule has 138 valence electrons. The van der Waals surface area contributed by atoms with Gasteiger partial charge >= 0.3 is 0 Å². The van der Waals surface area contributed by atoms with E-state index in [2.05, 4.69) is 15.6 Å². The average Bonchev–Trinajstić information content (AvgIpc) is 2.73. The summed E-state index contributed by atoms with van der Waals surface area (Å²) in [4.78, 5) is 16.8. The topological polar surface area (TPSA) is 72.5 Å². The van der Waals surface area contributed by atoms with Crippen LogP contribution in [0.4, 0.5) is 11.5 Å². The fraction of sp³-hybridized carbons (Fsp3) is 0.143. The van der Waals surface area contributed by atoms with Gasteiger partial charge in [0.15, 0.2) is 11.5 Å². The fourth-order valence-electron chi connectivity index (χ4n) is 2.55. The highest BCUT2D eigenvalue weighted by Gasteiger charge is 2.12. The number of hydrogen-bond acceptors (Lipinski definition) is 5. The predicted octanol–water partition coefficient (Wildman–Crippen LogP) is 3.96. The zero-order valence-electron chi connectivity index (χ0n) is 15.2. The number of hydrogen-bond donors (Lipinski definition) is 2. The van der Waals surface area contributed by atoms with Gasteiger partial charge < -0.3 is 20.1 Å². The number of carbonyl (C=O) groups excluding carboxylic acids is 1. The van der Waals surface area contributed by atoms with Crippen molar-refractivity contribution in [3.8, 4) is 11.5 Å². The summed E-state index contributed by atoms with van der Waals surface area (Å²) in [5.74, 6) is 1.66. The minimum Gasteiger partial charge on any atom is -0.493 e. The molecular weight excluding hydrogens is 342 g/mol. The molecule has 0 radical (unpaired) electrons. The van der Waals surface area contributed by atoms with Crippen LogP contribution >= 0.6 is 0 Å². The number of para-hydroxylation sites is 3. The van der Waals surface area contributed by atoms with E-state index in [1.54, 1.807) is 32.4 Å². The van der Waals surface area contributed by atoms with E-state index in [1.807, 2.05) is 48.5 Å². The molecule has 1 aromatic heterocycles. The molecule has 0 spiro atoms. The third-order valence-corrected chi connectivity index (χ3v) is 3.96. The lowest BCUT2D eigenvalue weighted by Crippen LogP contribution is -2.16. The first kappa shape index (κ1) is 18.3. The molecule has 0 aliphatic heterocycles. The van der Waals surface area contributed by atoms with Gasteiger partial charge in [0.1, 0.15) is 18.1 Å². The number of pyridine rings is 1. The average molecular weight is 363 g/mol. The lowest BCUT2D eigenvalue weighted by molar-refractivity contribution is 0.102. The first-order valence-electron chi connectivity index (χ1n) is 8.51. The van der Waals surface area contributed by atoms with Crippen LogP contribution in [-0.2, 0) is 6.61 Å². The Balaban J connectivity index is 1.74. The van der Waals surface area contributed by atoms with E-state index in [4.69, 9.17) is 9.47 Å². The van der Waals surface area contributed by atoms with Crippen molar-refractivity contribution in [2.45, 2.75) is 6.61 Å². The molecule has 0 fully saturated rings. The van der Waals surface area contributed by atoms with E-state index in [0.717, 1.165) is 5.56 Å². The highest BCUT2D eigenvalue weighted by molar-refractivity contribution is 6.03. The van der Waals surface area contributed by atoms with Crippen molar-refractivity contribution in [3.63, 3.8) is 0 Å². The molecule has 1 amide bonds. The zero-order chi connectivity index (χ0) is 19.1. The van der Waals surface area contributed by atoms with Crippen LogP contribution in [-0.4, -0.2) is 25.0 Å². The van der Waals surface area contributed by atoms with E-state index >= 15 is 0 Å². The second kappa shape index (κ2) is 8.71. The van der Waals surface area contributed by atoms with E-state index in [-0.39, 0.29) is 5.91 Å². The van der Waals surface area contributed by atoms with Crippen LogP contribution in [0, 0.1) is 0 Å². The van der Waals surface area contributed by atoms with Gasteiger partial charge in [0.25, 0.3) is 5.91 Å². The first-order valence-corrected chi connectivity index (χ1v) is 8.51. The Morgan fingerprint density at radius 2 is 1.70 bits per heavy atom. The number of anilines is 2.